The number of nitrogens with one attached hydrogen (secondary N) is 1. The molecule has 0 radical (unpaired) electrons. The number of carbonyl (C=O) groups excluding carboxylic acids is 1. The Kier molecular flexibility index (Phi) is 6.71. The van der Waals surface area contributed by atoms with E-state index in [-0.39, 0.29) is 11.5 Å². The molecular weight excluding hydrogens is 431 g/mol. The maximum atomic E-state index is 13.4. The molecule has 10 heteroatoms. The SMILES string of the molecule is CCOc1ccc(NC(=O)c2nnn(-c3ccc(F)cc3)c2CSc2ncccn2)cc1. The second-order valence-electron chi connectivity index (χ2n) is 6.50. The van der Waals surface area contributed by atoms with Gasteiger partial charge in [-0.2, -0.15) is 0 Å². The van der Waals surface area contributed by atoms with Crippen LogP contribution >= 0.6 is 11.8 Å². The van der Waals surface area contributed by atoms with Crippen LogP contribution in [0.15, 0.2) is 72.1 Å². The Balaban J connectivity index is 1.61. The van der Waals surface area contributed by atoms with Gasteiger partial charge in [-0.15, -0.1) is 5.10 Å². The van der Waals surface area contributed by atoms with Gasteiger partial charge in [0.05, 0.1) is 18.0 Å². The molecule has 1 amide bonds. The van der Waals surface area contributed by atoms with Crippen molar-refractivity contribution in [1.82, 2.24) is 25.0 Å². The normalized spacial score (nSPS) is 10.7. The molecule has 8 nitrogen and oxygen atoms in total. The Morgan fingerprint density at radius 1 is 1.09 bits per heavy atom. The molecule has 32 heavy (non-hydrogen) atoms. The molecule has 2 aromatic carbocycles. The van der Waals surface area contributed by atoms with E-state index in [9.17, 15) is 9.18 Å². The fraction of sp³-hybridized carbons (Fsp3) is 0.136. The van der Waals surface area contributed by atoms with Crippen molar-refractivity contribution in [3.63, 3.8) is 0 Å². The zero-order chi connectivity index (χ0) is 22.3. The number of thioether (sulfide) groups is 1. The first-order valence-corrected chi connectivity index (χ1v) is 10.8. The van der Waals surface area contributed by atoms with Gasteiger partial charge in [-0.05, 0) is 61.5 Å². The summed E-state index contributed by atoms with van der Waals surface area (Å²) >= 11 is 1.34. The number of carbonyl (C=O) groups is 1. The molecule has 0 saturated heterocycles. The van der Waals surface area contributed by atoms with E-state index >= 15 is 0 Å². The van der Waals surface area contributed by atoms with Gasteiger partial charge in [-0.1, -0.05) is 17.0 Å². The van der Waals surface area contributed by atoms with Crippen molar-refractivity contribution in [3.8, 4) is 11.4 Å². The highest BCUT2D eigenvalue weighted by molar-refractivity contribution is 7.98. The third-order valence-electron chi connectivity index (χ3n) is 4.35. The molecule has 0 aliphatic heterocycles. The zero-order valence-corrected chi connectivity index (χ0v) is 17.9. The minimum atomic E-state index is -0.410. The highest BCUT2D eigenvalue weighted by Gasteiger charge is 2.21. The maximum Gasteiger partial charge on any atom is 0.278 e. The molecule has 1 N–H and O–H groups in total. The van der Waals surface area contributed by atoms with Gasteiger partial charge in [-0.3, -0.25) is 4.79 Å². The number of hydrogen-bond donors (Lipinski definition) is 1. The summed E-state index contributed by atoms with van der Waals surface area (Å²) in [6.45, 7) is 2.46. The summed E-state index contributed by atoms with van der Waals surface area (Å²) in [5, 5.41) is 11.6. The molecule has 0 bridgehead atoms. The Morgan fingerprint density at radius 2 is 1.81 bits per heavy atom. The van der Waals surface area contributed by atoms with Crippen LogP contribution in [-0.2, 0) is 5.75 Å². The lowest BCUT2D eigenvalue weighted by Crippen LogP contribution is -2.15. The lowest BCUT2D eigenvalue weighted by atomic mass is 10.2. The molecule has 0 fully saturated rings. The van der Waals surface area contributed by atoms with E-state index in [1.165, 1.54) is 28.6 Å². The number of hydrogen-bond acceptors (Lipinski definition) is 7. The summed E-state index contributed by atoms with van der Waals surface area (Å²) in [6.07, 6.45) is 3.29. The monoisotopic (exact) mass is 450 g/mol. The van der Waals surface area contributed by atoms with Crippen LogP contribution in [0.2, 0.25) is 0 Å². The van der Waals surface area contributed by atoms with Crippen LogP contribution in [0, 0.1) is 5.82 Å². The largest absolute Gasteiger partial charge is 0.494 e. The number of amides is 1. The lowest BCUT2D eigenvalue weighted by Gasteiger charge is -2.09. The predicted molar refractivity (Wildman–Crippen MR) is 118 cm³/mol. The topological polar surface area (TPSA) is 94.8 Å². The average Bonchev–Trinajstić information content (AvgIpc) is 3.24. The van der Waals surface area contributed by atoms with Gasteiger partial charge < -0.3 is 10.1 Å². The second kappa shape index (κ2) is 10.0. The number of anilines is 1. The molecule has 2 heterocycles. The molecule has 2 aromatic heterocycles. The third kappa shape index (κ3) is 5.09. The fourth-order valence-electron chi connectivity index (χ4n) is 2.88. The standard InChI is InChI=1S/C22H19FN6O2S/c1-2-31-18-10-6-16(7-11-18)26-21(30)20-19(14-32-22-24-12-3-13-25-22)29(28-27-20)17-8-4-15(23)5-9-17/h3-13H,2,14H2,1H3,(H,26,30). The van der Waals surface area contributed by atoms with E-state index in [1.807, 2.05) is 6.92 Å². The van der Waals surface area contributed by atoms with Crippen molar-refractivity contribution in [3.05, 3.63) is 84.2 Å². The molecule has 0 aliphatic carbocycles. The van der Waals surface area contributed by atoms with Gasteiger partial charge in [-0.25, -0.2) is 19.0 Å². The van der Waals surface area contributed by atoms with Crippen molar-refractivity contribution in [2.45, 2.75) is 17.8 Å². The maximum absolute atomic E-state index is 13.4. The van der Waals surface area contributed by atoms with Crippen molar-refractivity contribution >= 4 is 23.4 Å². The van der Waals surface area contributed by atoms with Crippen molar-refractivity contribution in [2.75, 3.05) is 11.9 Å². The first-order valence-electron chi connectivity index (χ1n) is 9.78. The Morgan fingerprint density at radius 3 is 2.50 bits per heavy atom. The van der Waals surface area contributed by atoms with Crippen LogP contribution in [0.1, 0.15) is 23.1 Å². The van der Waals surface area contributed by atoms with Crippen LogP contribution in [0.4, 0.5) is 10.1 Å². The van der Waals surface area contributed by atoms with Crippen molar-refractivity contribution < 1.29 is 13.9 Å². The molecule has 0 atom stereocenters. The third-order valence-corrected chi connectivity index (χ3v) is 5.24. The summed E-state index contributed by atoms with van der Waals surface area (Å²) in [6, 6.07) is 14.6. The summed E-state index contributed by atoms with van der Waals surface area (Å²) in [7, 11) is 0. The van der Waals surface area contributed by atoms with Gasteiger partial charge in [0.2, 0.25) is 0 Å². The van der Waals surface area contributed by atoms with Gasteiger partial charge in [0, 0.05) is 23.8 Å². The molecular formula is C22H19FN6O2S. The number of rotatable bonds is 8. The number of benzene rings is 2. The zero-order valence-electron chi connectivity index (χ0n) is 17.1. The smallest absolute Gasteiger partial charge is 0.278 e. The highest BCUT2D eigenvalue weighted by atomic mass is 32.2. The Bertz CT molecular complexity index is 1180. The minimum Gasteiger partial charge on any atom is -0.494 e. The van der Waals surface area contributed by atoms with Crippen LogP contribution in [0.3, 0.4) is 0 Å². The quantitative estimate of drug-likeness (QED) is 0.318. The first-order chi connectivity index (χ1) is 15.6. The van der Waals surface area contributed by atoms with Gasteiger partial charge in [0.1, 0.15) is 11.6 Å². The van der Waals surface area contributed by atoms with Crippen LogP contribution in [-0.4, -0.2) is 37.5 Å². The lowest BCUT2D eigenvalue weighted by molar-refractivity contribution is 0.102. The van der Waals surface area contributed by atoms with Gasteiger partial charge >= 0.3 is 0 Å². The fourth-order valence-corrected chi connectivity index (χ4v) is 3.68. The van der Waals surface area contributed by atoms with Crippen molar-refractivity contribution in [1.29, 1.82) is 0 Å². The van der Waals surface area contributed by atoms with E-state index in [0.29, 0.717) is 40.3 Å². The molecule has 0 aliphatic rings. The van der Waals surface area contributed by atoms with Gasteiger partial charge in [0.25, 0.3) is 5.91 Å². The second-order valence-corrected chi connectivity index (χ2v) is 7.45. The molecule has 0 unspecified atom stereocenters. The summed E-state index contributed by atoms with van der Waals surface area (Å²) in [5.74, 6) is 0.274. The summed E-state index contributed by atoms with van der Waals surface area (Å²) < 4.78 is 20.3. The minimum absolute atomic E-state index is 0.159. The number of halogens is 1. The van der Waals surface area contributed by atoms with E-state index in [4.69, 9.17) is 4.74 Å². The Hall–Kier alpha value is -3.79. The molecule has 0 saturated carbocycles. The highest BCUT2D eigenvalue weighted by Crippen LogP contribution is 2.24. The first kappa shape index (κ1) is 21.4. The van der Waals surface area contributed by atoms with E-state index in [0.717, 1.165) is 0 Å². The van der Waals surface area contributed by atoms with E-state index < -0.39 is 5.91 Å². The predicted octanol–water partition coefficient (Wildman–Crippen LogP) is 4.14. The molecule has 4 aromatic rings. The Labute approximate surface area is 187 Å². The van der Waals surface area contributed by atoms with Crippen LogP contribution < -0.4 is 10.1 Å². The number of ether oxygens (including phenoxy) is 1. The molecule has 0 spiro atoms. The summed E-state index contributed by atoms with van der Waals surface area (Å²) in [4.78, 5) is 21.4. The van der Waals surface area contributed by atoms with E-state index in [2.05, 4.69) is 25.6 Å². The number of nitrogens with zero attached hydrogens (tertiary/aromatic N) is 5. The molecule has 162 valence electrons. The van der Waals surface area contributed by atoms with Crippen LogP contribution in [0.5, 0.6) is 5.75 Å². The molecule has 4 rings (SSSR count). The number of aromatic nitrogens is 5. The average molecular weight is 450 g/mol. The van der Waals surface area contributed by atoms with Crippen LogP contribution in [0.25, 0.3) is 5.69 Å². The van der Waals surface area contributed by atoms with E-state index in [1.54, 1.807) is 54.9 Å². The summed E-state index contributed by atoms with van der Waals surface area (Å²) in [5.41, 5.74) is 1.88. The van der Waals surface area contributed by atoms with Crippen molar-refractivity contribution in [2.24, 2.45) is 0 Å². The van der Waals surface area contributed by atoms with Gasteiger partial charge in [0.15, 0.2) is 10.9 Å².